The van der Waals surface area contributed by atoms with E-state index in [0.29, 0.717) is 0 Å². The second-order valence-corrected chi connectivity index (χ2v) is 6.42. The van der Waals surface area contributed by atoms with E-state index in [0.717, 1.165) is 17.0 Å². The number of carbonyl (C=O) groups excluding carboxylic acids is 1. The van der Waals surface area contributed by atoms with Crippen molar-refractivity contribution in [2.45, 2.75) is 6.42 Å². The number of halogens is 2. The standard InChI is InChI=1S/C11H10ClFN2O5S/c12-8-2-7(11(17)18)3-9(14-8)15-4-6(1-10(15)16)5-21(13,19)20/h2-3,6H,1,4-5H2,(H,17,18). The summed E-state index contributed by atoms with van der Waals surface area (Å²) in [4.78, 5) is 27.7. The van der Waals surface area contributed by atoms with Gasteiger partial charge in [-0.2, -0.15) is 8.42 Å². The number of anilines is 1. The lowest BCUT2D eigenvalue weighted by Crippen LogP contribution is -2.26. The van der Waals surface area contributed by atoms with Crippen molar-refractivity contribution in [2.24, 2.45) is 5.92 Å². The lowest BCUT2D eigenvalue weighted by Gasteiger charge is -2.16. The number of aromatic carboxylic acids is 1. The SMILES string of the molecule is O=C(O)c1cc(Cl)nc(N2CC(CS(=O)(=O)F)CC2=O)c1. The number of nitrogens with zero attached hydrogens (tertiary/aromatic N) is 2. The van der Waals surface area contributed by atoms with Crippen molar-refractivity contribution in [3.05, 3.63) is 22.8 Å². The number of pyridine rings is 1. The van der Waals surface area contributed by atoms with Gasteiger partial charge in [0.15, 0.2) is 0 Å². The van der Waals surface area contributed by atoms with Crippen molar-refractivity contribution in [2.75, 3.05) is 17.2 Å². The highest BCUT2D eigenvalue weighted by Gasteiger charge is 2.34. The number of amides is 1. The molecular weight excluding hydrogens is 327 g/mol. The molecule has 21 heavy (non-hydrogen) atoms. The Morgan fingerprint density at radius 3 is 2.76 bits per heavy atom. The molecule has 2 heterocycles. The third kappa shape index (κ3) is 3.88. The second kappa shape index (κ2) is 5.57. The monoisotopic (exact) mass is 336 g/mol. The third-order valence-electron chi connectivity index (χ3n) is 2.94. The van der Waals surface area contributed by atoms with Gasteiger partial charge in [0.2, 0.25) is 5.91 Å². The van der Waals surface area contributed by atoms with Crippen LogP contribution in [0.15, 0.2) is 12.1 Å². The summed E-state index contributed by atoms with van der Waals surface area (Å²) in [6.45, 7) is -0.0611. The van der Waals surface area contributed by atoms with E-state index in [2.05, 4.69) is 4.98 Å². The fourth-order valence-corrected chi connectivity index (χ4v) is 3.13. The van der Waals surface area contributed by atoms with Crippen LogP contribution in [0.3, 0.4) is 0 Å². The van der Waals surface area contributed by atoms with Crippen LogP contribution < -0.4 is 4.90 Å². The zero-order valence-corrected chi connectivity index (χ0v) is 12.1. The van der Waals surface area contributed by atoms with Crippen molar-refractivity contribution in [1.29, 1.82) is 0 Å². The number of carboxylic acids is 1. The summed E-state index contributed by atoms with van der Waals surface area (Å²) >= 11 is 5.69. The van der Waals surface area contributed by atoms with Gasteiger partial charge in [-0.25, -0.2) is 9.78 Å². The molecule has 10 heteroatoms. The van der Waals surface area contributed by atoms with Gasteiger partial charge < -0.3 is 5.11 Å². The van der Waals surface area contributed by atoms with Gasteiger partial charge in [0, 0.05) is 18.9 Å². The summed E-state index contributed by atoms with van der Waals surface area (Å²) in [6.07, 6.45) is -0.153. The Morgan fingerprint density at radius 2 is 2.19 bits per heavy atom. The first kappa shape index (κ1) is 15.6. The molecule has 0 bridgehead atoms. The molecule has 0 radical (unpaired) electrons. The van der Waals surface area contributed by atoms with Crippen molar-refractivity contribution < 1.29 is 27.0 Å². The van der Waals surface area contributed by atoms with E-state index >= 15 is 0 Å². The van der Waals surface area contributed by atoms with Crippen molar-refractivity contribution in [3.8, 4) is 0 Å². The maximum Gasteiger partial charge on any atom is 0.335 e. The van der Waals surface area contributed by atoms with Crippen LogP contribution in [0.5, 0.6) is 0 Å². The normalized spacial score (nSPS) is 19.0. The predicted octanol–water partition coefficient (Wildman–Crippen LogP) is 1.09. The maximum atomic E-state index is 12.7. The van der Waals surface area contributed by atoms with E-state index in [9.17, 15) is 21.9 Å². The Morgan fingerprint density at radius 1 is 1.52 bits per heavy atom. The van der Waals surface area contributed by atoms with Crippen LogP contribution in [0.4, 0.5) is 9.70 Å². The fraction of sp³-hybridized carbons (Fsp3) is 0.364. The highest BCUT2D eigenvalue weighted by Crippen LogP contribution is 2.27. The van der Waals surface area contributed by atoms with E-state index in [-0.39, 0.29) is 29.5 Å². The minimum atomic E-state index is -4.69. The average molecular weight is 337 g/mol. The third-order valence-corrected chi connectivity index (χ3v) is 4.01. The Bertz CT molecular complexity index is 709. The van der Waals surface area contributed by atoms with Gasteiger partial charge in [-0.3, -0.25) is 9.69 Å². The summed E-state index contributed by atoms with van der Waals surface area (Å²) in [5.74, 6) is -3.17. The van der Waals surface area contributed by atoms with Gasteiger partial charge in [0.25, 0.3) is 0 Å². The summed E-state index contributed by atoms with van der Waals surface area (Å²) in [5.41, 5.74) is -0.153. The summed E-state index contributed by atoms with van der Waals surface area (Å²) in [7, 11) is -4.69. The highest BCUT2D eigenvalue weighted by atomic mass is 35.5. The predicted molar refractivity (Wildman–Crippen MR) is 71.6 cm³/mol. The summed E-state index contributed by atoms with van der Waals surface area (Å²) in [5, 5.41) is 8.82. The molecule has 0 aliphatic carbocycles. The van der Waals surface area contributed by atoms with E-state index in [1.54, 1.807) is 0 Å². The van der Waals surface area contributed by atoms with E-state index < -0.39 is 33.8 Å². The van der Waals surface area contributed by atoms with Gasteiger partial charge in [-0.1, -0.05) is 11.6 Å². The van der Waals surface area contributed by atoms with Crippen LogP contribution in [-0.2, 0) is 15.0 Å². The molecule has 1 aliphatic heterocycles. The molecular formula is C11H10ClFN2O5S. The lowest BCUT2D eigenvalue weighted by molar-refractivity contribution is -0.117. The van der Waals surface area contributed by atoms with Gasteiger partial charge in [-0.05, 0) is 12.1 Å². The van der Waals surface area contributed by atoms with Crippen LogP contribution in [0, 0.1) is 5.92 Å². The average Bonchev–Trinajstić information content (AvgIpc) is 2.66. The smallest absolute Gasteiger partial charge is 0.335 e. The molecule has 0 aromatic carbocycles. The molecule has 1 atom stereocenters. The van der Waals surface area contributed by atoms with E-state index in [1.807, 2.05) is 0 Å². The largest absolute Gasteiger partial charge is 0.478 e. The Balaban J connectivity index is 2.27. The first-order chi connectivity index (χ1) is 9.65. The molecule has 0 saturated carbocycles. The minimum absolute atomic E-state index is 0.00339. The van der Waals surface area contributed by atoms with Gasteiger partial charge in [0.1, 0.15) is 11.0 Å². The maximum absolute atomic E-state index is 12.7. The number of hydrogen-bond acceptors (Lipinski definition) is 5. The molecule has 1 amide bonds. The second-order valence-electron chi connectivity index (χ2n) is 4.62. The molecule has 1 aliphatic rings. The molecule has 0 spiro atoms. The van der Waals surface area contributed by atoms with Crippen LogP contribution in [-0.4, -0.2) is 42.7 Å². The quantitative estimate of drug-likeness (QED) is 0.651. The molecule has 2 rings (SSSR count). The zero-order valence-electron chi connectivity index (χ0n) is 10.5. The molecule has 1 aromatic heterocycles. The van der Waals surface area contributed by atoms with Crippen LogP contribution in [0.25, 0.3) is 0 Å². The van der Waals surface area contributed by atoms with Gasteiger partial charge in [0.05, 0.1) is 11.3 Å². The highest BCUT2D eigenvalue weighted by molar-refractivity contribution is 7.86. The van der Waals surface area contributed by atoms with Crippen molar-refractivity contribution >= 4 is 39.5 Å². The fourth-order valence-electron chi connectivity index (χ4n) is 2.14. The van der Waals surface area contributed by atoms with E-state index in [1.165, 1.54) is 0 Å². The Labute approximate surface area is 124 Å². The number of carbonyl (C=O) groups is 2. The first-order valence-electron chi connectivity index (χ1n) is 5.79. The Hall–Kier alpha value is -1.74. The molecule has 1 N–H and O–H groups in total. The first-order valence-corrected chi connectivity index (χ1v) is 7.72. The van der Waals surface area contributed by atoms with Gasteiger partial charge >= 0.3 is 16.2 Å². The number of hydrogen-bond donors (Lipinski definition) is 1. The molecule has 1 fully saturated rings. The zero-order chi connectivity index (χ0) is 15.8. The molecule has 7 nitrogen and oxygen atoms in total. The number of rotatable bonds is 4. The van der Waals surface area contributed by atoms with E-state index in [4.69, 9.17) is 16.7 Å². The molecule has 1 unspecified atom stereocenters. The van der Waals surface area contributed by atoms with Crippen LogP contribution in [0.2, 0.25) is 5.15 Å². The number of aromatic nitrogens is 1. The molecule has 114 valence electrons. The van der Waals surface area contributed by atoms with Crippen molar-refractivity contribution in [3.63, 3.8) is 0 Å². The van der Waals surface area contributed by atoms with Gasteiger partial charge in [-0.15, -0.1) is 3.89 Å². The summed E-state index contributed by atoms with van der Waals surface area (Å²) in [6, 6.07) is 2.27. The molecule has 1 saturated heterocycles. The lowest BCUT2D eigenvalue weighted by atomic mass is 10.1. The Kier molecular flexibility index (Phi) is 4.15. The minimum Gasteiger partial charge on any atom is -0.478 e. The van der Waals surface area contributed by atoms with Crippen LogP contribution in [0.1, 0.15) is 16.8 Å². The van der Waals surface area contributed by atoms with Crippen LogP contribution >= 0.6 is 11.6 Å². The molecule has 1 aromatic rings. The summed E-state index contributed by atoms with van der Waals surface area (Å²) < 4.78 is 33.9. The van der Waals surface area contributed by atoms with Crippen molar-refractivity contribution in [1.82, 2.24) is 4.98 Å². The number of carboxylic acid groups (broad SMARTS) is 1. The topological polar surface area (TPSA) is 105 Å².